The molecule has 0 aliphatic carbocycles. The predicted molar refractivity (Wildman–Crippen MR) is 77.4 cm³/mol. The van der Waals surface area contributed by atoms with E-state index in [1.165, 1.54) is 18.2 Å². The van der Waals surface area contributed by atoms with E-state index in [4.69, 9.17) is 4.74 Å². The highest BCUT2D eigenvalue weighted by Crippen LogP contribution is 2.32. The molecule has 0 saturated heterocycles. The second kappa shape index (κ2) is 5.28. The molecular weight excluding hydrogens is 272 g/mol. The van der Waals surface area contributed by atoms with Gasteiger partial charge in [-0.1, -0.05) is 35.9 Å². The zero-order valence-electron chi connectivity index (χ0n) is 11.8. The summed E-state index contributed by atoms with van der Waals surface area (Å²) in [6.45, 7) is 3.85. The Morgan fingerprint density at radius 1 is 1.00 bits per heavy atom. The summed E-state index contributed by atoms with van der Waals surface area (Å²) < 4.78 is 33.2. The Balaban J connectivity index is 1.99. The van der Waals surface area contributed by atoms with Crippen LogP contribution in [0.4, 0.5) is 8.78 Å². The summed E-state index contributed by atoms with van der Waals surface area (Å²) in [7, 11) is 0. The van der Waals surface area contributed by atoms with Gasteiger partial charge in [0.25, 0.3) is 0 Å². The van der Waals surface area contributed by atoms with Crippen LogP contribution in [-0.2, 0) is 4.74 Å². The molecule has 0 amide bonds. The lowest BCUT2D eigenvalue weighted by Crippen LogP contribution is -2.14. The van der Waals surface area contributed by atoms with Crippen molar-refractivity contribution in [1.82, 2.24) is 0 Å². The highest BCUT2D eigenvalue weighted by Gasteiger charge is 2.31. The van der Waals surface area contributed by atoms with Crippen molar-refractivity contribution in [3.8, 4) is 0 Å². The van der Waals surface area contributed by atoms with E-state index < -0.39 is 11.6 Å². The van der Waals surface area contributed by atoms with Crippen LogP contribution in [0, 0.1) is 18.6 Å². The van der Waals surface area contributed by atoms with Crippen LogP contribution in [0.15, 0.2) is 47.5 Å². The first-order valence-corrected chi connectivity index (χ1v) is 6.81. The molecule has 0 aromatic heterocycles. The third-order valence-corrected chi connectivity index (χ3v) is 3.59. The summed E-state index contributed by atoms with van der Waals surface area (Å²) in [6, 6.07) is 11.4. The number of halogens is 2. The Kier molecular flexibility index (Phi) is 3.45. The van der Waals surface area contributed by atoms with E-state index in [0.717, 1.165) is 11.1 Å². The highest BCUT2D eigenvalue weighted by molar-refractivity contribution is 5.96. The van der Waals surface area contributed by atoms with Crippen molar-refractivity contribution in [2.24, 2.45) is 4.99 Å². The summed E-state index contributed by atoms with van der Waals surface area (Å²) in [4.78, 5) is 4.38. The molecule has 1 aliphatic rings. The topological polar surface area (TPSA) is 21.6 Å². The fraction of sp³-hybridized carbons (Fsp3) is 0.235. The Labute approximate surface area is 122 Å². The van der Waals surface area contributed by atoms with E-state index in [9.17, 15) is 8.78 Å². The molecule has 0 N–H and O–H groups in total. The molecule has 21 heavy (non-hydrogen) atoms. The first kappa shape index (κ1) is 13.7. The lowest BCUT2D eigenvalue weighted by atomic mass is 10.0. The van der Waals surface area contributed by atoms with E-state index in [1.54, 1.807) is 0 Å². The quantitative estimate of drug-likeness (QED) is 0.812. The number of nitrogens with zero attached hydrogens (tertiary/aromatic N) is 1. The zero-order valence-corrected chi connectivity index (χ0v) is 11.8. The van der Waals surface area contributed by atoms with Gasteiger partial charge in [0.15, 0.2) is 0 Å². The van der Waals surface area contributed by atoms with Crippen molar-refractivity contribution in [1.29, 1.82) is 0 Å². The summed E-state index contributed by atoms with van der Waals surface area (Å²) in [5.74, 6) is -1.29. The van der Waals surface area contributed by atoms with Crippen molar-refractivity contribution in [3.05, 3.63) is 70.8 Å². The maximum absolute atomic E-state index is 13.8. The van der Waals surface area contributed by atoms with E-state index in [2.05, 4.69) is 4.99 Å². The maximum atomic E-state index is 13.8. The van der Waals surface area contributed by atoms with Crippen molar-refractivity contribution in [2.45, 2.75) is 26.0 Å². The van der Waals surface area contributed by atoms with Crippen LogP contribution in [0.3, 0.4) is 0 Å². The smallest absolute Gasteiger partial charge is 0.223 e. The van der Waals surface area contributed by atoms with E-state index in [0.29, 0.717) is 0 Å². The van der Waals surface area contributed by atoms with Gasteiger partial charge in [-0.3, -0.25) is 0 Å². The van der Waals surface area contributed by atoms with Gasteiger partial charge in [-0.15, -0.1) is 0 Å². The molecule has 3 rings (SSSR count). The average molecular weight is 287 g/mol. The molecule has 0 spiro atoms. The molecular formula is C17H15F2NO. The van der Waals surface area contributed by atoms with Crippen LogP contribution in [0.2, 0.25) is 0 Å². The first-order chi connectivity index (χ1) is 10.1. The van der Waals surface area contributed by atoms with Gasteiger partial charge in [0.05, 0.1) is 0 Å². The van der Waals surface area contributed by atoms with E-state index >= 15 is 0 Å². The lowest BCUT2D eigenvalue weighted by molar-refractivity contribution is 0.213. The Bertz CT molecular complexity index is 674. The molecule has 2 aromatic carbocycles. The lowest BCUT2D eigenvalue weighted by Gasteiger charge is -2.13. The van der Waals surface area contributed by atoms with Crippen LogP contribution in [-0.4, -0.2) is 12.0 Å². The molecule has 2 nitrogen and oxygen atoms in total. The third kappa shape index (κ3) is 2.53. The second-order valence-corrected chi connectivity index (χ2v) is 5.21. The molecule has 1 aliphatic heterocycles. The molecule has 2 aromatic rings. The fourth-order valence-corrected chi connectivity index (χ4v) is 2.44. The first-order valence-electron chi connectivity index (χ1n) is 6.81. The molecule has 2 unspecified atom stereocenters. The monoisotopic (exact) mass is 287 g/mol. The van der Waals surface area contributed by atoms with Gasteiger partial charge in [0, 0.05) is 0 Å². The van der Waals surface area contributed by atoms with Gasteiger partial charge >= 0.3 is 0 Å². The van der Waals surface area contributed by atoms with Gasteiger partial charge in [-0.25, -0.2) is 13.8 Å². The fourth-order valence-electron chi connectivity index (χ4n) is 2.44. The summed E-state index contributed by atoms with van der Waals surface area (Å²) in [5, 5.41) is 0. The molecule has 0 radical (unpaired) electrons. The van der Waals surface area contributed by atoms with Crippen LogP contribution in [0.25, 0.3) is 0 Å². The predicted octanol–water partition coefficient (Wildman–Crippen LogP) is 4.18. The van der Waals surface area contributed by atoms with Crippen LogP contribution in [0.1, 0.15) is 29.7 Å². The van der Waals surface area contributed by atoms with Gasteiger partial charge in [0.2, 0.25) is 5.90 Å². The van der Waals surface area contributed by atoms with Crippen molar-refractivity contribution in [2.75, 3.05) is 0 Å². The van der Waals surface area contributed by atoms with Crippen LogP contribution < -0.4 is 0 Å². The molecule has 1 heterocycles. The Hall–Kier alpha value is -2.23. The minimum atomic E-state index is -0.662. The van der Waals surface area contributed by atoms with Crippen LogP contribution in [0.5, 0.6) is 0 Å². The van der Waals surface area contributed by atoms with Crippen molar-refractivity contribution < 1.29 is 13.5 Å². The Morgan fingerprint density at radius 3 is 2.24 bits per heavy atom. The van der Waals surface area contributed by atoms with Gasteiger partial charge in [0.1, 0.15) is 29.3 Å². The summed E-state index contributed by atoms with van der Waals surface area (Å²) in [6.07, 6.45) is -0.262. The zero-order chi connectivity index (χ0) is 15.0. The maximum Gasteiger partial charge on any atom is 0.223 e. The molecule has 0 bridgehead atoms. The highest BCUT2D eigenvalue weighted by atomic mass is 19.1. The average Bonchev–Trinajstić information content (AvgIpc) is 2.81. The number of aryl methyl sites for hydroxylation is 1. The SMILES string of the molecule is Cc1ccc(C2N=C(c3c(F)cccc3F)OC2C)cc1. The number of rotatable bonds is 2. The van der Waals surface area contributed by atoms with Gasteiger partial charge in [-0.2, -0.15) is 0 Å². The van der Waals surface area contributed by atoms with Gasteiger partial charge < -0.3 is 4.74 Å². The molecule has 108 valence electrons. The van der Waals surface area contributed by atoms with Crippen molar-refractivity contribution in [3.63, 3.8) is 0 Å². The van der Waals surface area contributed by atoms with E-state index in [1.807, 2.05) is 38.1 Å². The summed E-state index contributed by atoms with van der Waals surface area (Å²) >= 11 is 0. The number of aliphatic imine (C=N–C) groups is 1. The van der Waals surface area contributed by atoms with Gasteiger partial charge in [-0.05, 0) is 31.5 Å². The Morgan fingerprint density at radius 2 is 1.62 bits per heavy atom. The van der Waals surface area contributed by atoms with Crippen LogP contribution >= 0.6 is 0 Å². The molecule has 0 saturated carbocycles. The summed E-state index contributed by atoms with van der Waals surface area (Å²) in [5.41, 5.74) is 1.92. The molecule has 2 atom stereocenters. The van der Waals surface area contributed by atoms with E-state index in [-0.39, 0.29) is 23.6 Å². The number of benzene rings is 2. The third-order valence-electron chi connectivity index (χ3n) is 3.59. The number of ether oxygens (including phenoxy) is 1. The molecule has 0 fully saturated rings. The number of hydrogen-bond donors (Lipinski definition) is 0. The minimum Gasteiger partial charge on any atom is -0.472 e. The molecule has 4 heteroatoms. The van der Waals surface area contributed by atoms with Crippen molar-refractivity contribution >= 4 is 5.90 Å². The number of hydrogen-bond acceptors (Lipinski definition) is 2. The normalized spacial score (nSPS) is 21.0. The largest absolute Gasteiger partial charge is 0.472 e. The standard InChI is InChI=1S/C17H15F2NO/c1-10-6-8-12(9-7-10)16-11(2)21-17(20-16)15-13(18)4-3-5-14(15)19/h3-9,11,16H,1-2H3. The minimum absolute atomic E-state index is 0.0312. The second-order valence-electron chi connectivity index (χ2n) is 5.21.